The number of fused-ring (bicyclic) bond motifs is 2. The fourth-order valence-corrected chi connectivity index (χ4v) is 3.78. The maximum absolute atomic E-state index is 12.5. The Morgan fingerprint density at radius 3 is 2.37 bits per heavy atom. The highest BCUT2D eigenvalue weighted by molar-refractivity contribution is 7.98. The molecule has 7 heteroatoms. The van der Waals surface area contributed by atoms with Gasteiger partial charge in [-0.3, -0.25) is 9.36 Å². The van der Waals surface area contributed by atoms with Gasteiger partial charge in [0.1, 0.15) is 11.6 Å². The van der Waals surface area contributed by atoms with Crippen molar-refractivity contribution in [2.45, 2.75) is 17.8 Å². The van der Waals surface area contributed by atoms with Gasteiger partial charge in [0, 0.05) is 19.0 Å². The van der Waals surface area contributed by atoms with Gasteiger partial charge in [-0.15, -0.1) is 0 Å². The van der Waals surface area contributed by atoms with Gasteiger partial charge in [0.2, 0.25) is 0 Å². The van der Waals surface area contributed by atoms with E-state index in [-0.39, 0.29) is 5.56 Å². The van der Waals surface area contributed by atoms with Crippen molar-refractivity contribution >= 4 is 39.4 Å². The number of aromatic nitrogens is 4. The number of benzene rings is 2. The third-order valence-corrected chi connectivity index (χ3v) is 5.18. The van der Waals surface area contributed by atoms with Gasteiger partial charge in [-0.05, 0) is 31.2 Å². The van der Waals surface area contributed by atoms with E-state index >= 15 is 0 Å². The predicted molar refractivity (Wildman–Crippen MR) is 110 cm³/mol. The van der Waals surface area contributed by atoms with Gasteiger partial charge in [0.15, 0.2) is 5.16 Å². The number of thioether (sulfide) groups is 1. The molecule has 0 spiro atoms. The van der Waals surface area contributed by atoms with E-state index in [1.165, 1.54) is 11.8 Å². The zero-order valence-corrected chi connectivity index (χ0v) is 16.0. The molecule has 6 nitrogen and oxygen atoms in total. The fraction of sp³-hybridized carbons (Fsp3) is 0.200. The zero-order valence-electron chi connectivity index (χ0n) is 15.1. The fourth-order valence-electron chi connectivity index (χ4n) is 2.94. The molecule has 2 aromatic carbocycles. The van der Waals surface area contributed by atoms with E-state index in [2.05, 4.69) is 20.3 Å². The SMILES string of the molecule is CCNc1nc(SCc2nc3ccccc3c(=O)n2C)nc2ccccc12. The number of nitrogens with zero attached hydrogens (tertiary/aromatic N) is 4. The smallest absolute Gasteiger partial charge is 0.261 e. The van der Waals surface area contributed by atoms with Crippen LogP contribution < -0.4 is 10.9 Å². The summed E-state index contributed by atoms with van der Waals surface area (Å²) in [5.74, 6) is 2.04. The zero-order chi connectivity index (χ0) is 18.8. The van der Waals surface area contributed by atoms with Crippen LogP contribution in [-0.2, 0) is 12.8 Å². The second kappa shape index (κ2) is 7.36. The molecule has 0 atom stereocenters. The first-order valence-electron chi connectivity index (χ1n) is 8.75. The minimum absolute atomic E-state index is 0.0380. The lowest BCUT2D eigenvalue weighted by atomic mass is 10.2. The van der Waals surface area contributed by atoms with Gasteiger partial charge in [-0.25, -0.2) is 15.0 Å². The summed E-state index contributed by atoms with van der Waals surface area (Å²) in [5, 5.41) is 5.59. The molecule has 0 fully saturated rings. The molecule has 0 amide bonds. The van der Waals surface area contributed by atoms with Gasteiger partial charge < -0.3 is 5.32 Å². The number of nitrogens with one attached hydrogen (secondary N) is 1. The second-order valence-corrected chi connectivity index (χ2v) is 7.04. The quantitative estimate of drug-likeness (QED) is 0.423. The first kappa shape index (κ1) is 17.5. The molecule has 0 saturated heterocycles. The van der Waals surface area contributed by atoms with Crippen LogP contribution in [0, 0.1) is 0 Å². The Morgan fingerprint density at radius 1 is 0.963 bits per heavy atom. The number of para-hydroxylation sites is 2. The van der Waals surface area contributed by atoms with Crippen LogP contribution in [0.2, 0.25) is 0 Å². The summed E-state index contributed by atoms with van der Waals surface area (Å²) in [7, 11) is 1.75. The minimum atomic E-state index is -0.0380. The predicted octanol–water partition coefficient (Wildman–Crippen LogP) is 3.60. The van der Waals surface area contributed by atoms with Crippen molar-refractivity contribution in [3.8, 4) is 0 Å². The first-order chi connectivity index (χ1) is 13.2. The third kappa shape index (κ3) is 3.38. The molecule has 0 bridgehead atoms. The summed E-state index contributed by atoms with van der Waals surface area (Å²) >= 11 is 1.48. The Bertz CT molecular complexity index is 1190. The van der Waals surface area contributed by atoms with Crippen LogP contribution in [0.1, 0.15) is 12.7 Å². The minimum Gasteiger partial charge on any atom is -0.370 e. The maximum atomic E-state index is 12.5. The normalized spacial score (nSPS) is 11.2. The molecule has 136 valence electrons. The second-order valence-electron chi connectivity index (χ2n) is 6.10. The summed E-state index contributed by atoms with van der Waals surface area (Å²) in [6.07, 6.45) is 0. The Balaban J connectivity index is 1.69. The standard InChI is InChI=1S/C20H19N5OS/c1-3-21-18-13-8-4-6-10-15(13)23-20(24-18)27-12-17-22-16-11-7-5-9-14(16)19(26)25(17)2/h4-11H,3,12H2,1-2H3,(H,21,23,24). The van der Waals surface area contributed by atoms with Crippen LogP contribution in [0.25, 0.3) is 21.8 Å². The average molecular weight is 377 g/mol. The van der Waals surface area contributed by atoms with E-state index in [0.717, 1.165) is 23.3 Å². The summed E-state index contributed by atoms with van der Waals surface area (Å²) < 4.78 is 1.60. The summed E-state index contributed by atoms with van der Waals surface area (Å²) in [5.41, 5.74) is 1.57. The van der Waals surface area contributed by atoms with Gasteiger partial charge >= 0.3 is 0 Å². The van der Waals surface area contributed by atoms with E-state index in [9.17, 15) is 4.79 Å². The molecular weight excluding hydrogens is 358 g/mol. The van der Waals surface area contributed by atoms with Crippen LogP contribution >= 0.6 is 11.8 Å². The van der Waals surface area contributed by atoms with Crippen molar-refractivity contribution in [3.63, 3.8) is 0 Å². The summed E-state index contributed by atoms with van der Waals surface area (Å²) in [6, 6.07) is 15.3. The molecule has 0 radical (unpaired) electrons. The Hall–Kier alpha value is -2.93. The van der Waals surface area contributed by atoms with Gasteiger partial charge in [-0.1, -0.05) is 36.0 Å². The lowest BCUT2D eigenvalue weighted by molar-refractivity contribution is 0.784. The molecule has 2 heterocycles. The molecule has 0 aliphatic rings. The number of rotatable bonds is 5. The van der Waals surface area contributed by atoms with Crippen molar-refractivity contribution in [1.82, 2.24) is 19.5 Å². The van der Waals surface area contributed by atoms with Crippen molar-refractivity contribution in [3.05, 3.63) is 64.7 Å². The Labute approximate surface area is 160 Å². The van der Waals surface area contributed by atoms with E-state index in [0.29, 0.717) is 27.6 Å². The van der Waals surface area contributed by atoms with E-state index < -0.39 is 0 Å². The van der Waals surface area contributed by atoms with E-state index in [4.69, 9.17) is 0 Å². The third-order valence-electron chi connectivity index (χ3n) is 4.33. The maximum Gasteiger partial charge on any atom is 0.261 e. The van der Waals surface area contributed by atoms with Crippen LogP contribution in [0.5, 0.6) is 0 Å². The van der Waals surface area contributed by atoms with Gasteiger partial charge in [0.25, 0.3) is 5.56 Å². The molecule has 0 aliphatic heterocycles. The van der Waals surface area contributed by atoms with Crippen LogP contribution in [0.3, 0.4) is 0 Å². The van der Waals surface area contributed by atoms with Crippen LogP contribution in [0.15, 0.2) is 58.5 Å². The monoisotopic (exact) mass is 377 g/mol. The van der Waals surface area contributed by atoms with Crippen molar-refractivity contribution < 1.29 is 0 Å². The van der Waals surface area contributed by atoms with E-state index in [1.54, 1.807) is 17.7 Å². The largest absolute Gasteiger partial charge is 0.370 e. The summed E-state index contributed by atoms with van der Waals surface area (Å²) in [6.45, 7) is 2.82. The average Bonchev–Trinajstić information content (AvgIpc) is 2.70. The molecule has 2 aromatic heterocycles. The highest BCUT2D eigenvalue weighted by Gasteiger charge is 2.11. The van der Waals surface area contributed by atoms with E-state index in [1.807, 2.05) is 49.4 Å². The summed E-state index contributed by atoms with van der Waals surface area (Å²) in [4.78, 5) is 26.5. The van der Waals surface area contributed by atoms with Crippen molar-refractivity contribution in [2.75, 3.05) is 11.9 Å². The number of hydrogen-bond donors (Lipinski definition) is 1. The van der Waals surface area contributed by atoms with Crippen LogP contribution in [0.4, 0.5) is 5.82 Å². The molecule has 4 aromatic rings. The van der Waals surface area contributed by atoms with Gasteiger partial charge in [-0.2, -0.15) is 0 Å². The Kier molecular flexibility index (Phi) is 4.77. The molecular formula is C20H19N5OS. The molecule has 0 unspecified atom stereocenters. The van der Waals surface area contributed by atoms with Crippen molar-refractivity contribution in [1.29, 1.82) is 0 Å². The Morgan fingerprint density at radius 2 is 1.63 bits per heavy atom. The highest BCUT2D eigenvalue weighted by Crippen LogP contribution is 2.26. The lowest BCUT2D eigenvalue weighted by Gasteiger charge is -2.11. The van der Waals surface area contributed by atoms with Gasteiger partial charge in [0.05, 0.1) is 22.2 Å². The highest BCUT2D eigenvalue weighted by atomic mass is 32.2. The lowest BCUT2D eigenvalue weighted by Crippen LogP contribution is -2.21. The number of hydrogen-bond acceptors (Lipinski definition) is 6. The molecule has 0 aliphatic carbocycles. The molecule has 1 N–H and O–H groups in total. The van der Waals surface area contributed by atoms with Crippen LogP contribution in [-0.4, -0.2) is 26.1 Å². The number of anilines is 1. The molecule has 0 saturated carbocycles. The topological polar surface area (TPSA) is 72.7 Å². The first-order valence-corrected chi connectivity index (χ1v) is 9.74. The molecule has 27 heavy (non-hydrogen) atoms. The molecule has 4 rings (SSSR count). The van der Waals surface area contributed by atoms with Crippen molar-refractivity contribution in [2.24, 2.45) is 7.05 Å².